The molecule has 1 fully saturated rings. The lowest BCUT2D eigenvalue weighted by Crippen LogP contribution is -2.65. The Kier molecular flexibility index (Phi) is 6.20. The van der Waals surface area contributed by atoms with E-state index in [9.17, 15) is 27.2 Å². The first-order valence-electron chi connectivity index (χ1n) is 12.2. The molecule has 2 aromatic rings. The molecule has 0 N–H and O–H groups in total. The summed E-state index contributed by atoms with van der Waals surface area (Å²) >= 11 is 0. The van der Waals surface area contributed by atoms with E-state index in [0.717, 1.165) is 5.56 Å². The van der Waals surface area contributed by atoms with Gasteiger partial charge in [0.25, 0.3) is 0 Å². The van der Waals surface area contributed by atoms with E-state index in [1.165, 1.54) is 4.90 Å². The molecule has 1 aromatic carbocycles. The van der Waals surface area contributed by atoms with Crippen LogP contribution in [0.1, 0.15) is 49.0 Å². The second-order valence-electron chi connectivity index (χ2n) is 9.68. The molecule has 5 rings (SSSR count). The fourth-order valence-electron chi connectivity index (χ4n) is 5.60. The van der Waals surface area contributed by atoms with Crippen molar-refractivity contribution in [3.63, 3.8) is 0 Å². The van der Waals surface area contributed by atoms with Crippen LogP contribution in [0.3, 0.4) is 0 Å². The lowest BCUT2D eigenvalue weighted by molar-refractivity contribution is -0.136. The van der Waals surface area contributed by atoms with E-state index in [0.29, 0.717) is 35.7 Å². The van der Waals surface area contributed by atoms with Crippen molar-refractivity contribution >= 4 is 17.7 Å². The molecule has 1 unspecified atom stereocenters. The lowest BCUT2D eigenvalue weighted by Gasteiger charge is -2.45. The maximum Gasteiger partial charge on any atom is 0.409 e. The number of anilines is 1. The number of benzene rings is 1. The number of amides is 2. The maximum absolute atomic E-state index is 14.2. The summed E-state index contributed by atoms with van der Waals surface area (Å²) in [6.07, 6.45) is -6.07. The summed E-state index contributed by atoms with van der Waals surface area (Å²) < 4.78 is 59.4. The van der Waals surface area contributed by atoms with E-state index in [1.54, 1.807) is 16.4 Å². The molecule has 1 atom stereocenters. The monoisotopic (exact) mass is 508 g/mol. The first kappa shape index (κ1) is 24.6. The zero-order chi connectivity index (χ0) is 25.7. The molecule has 3 heterocycles. The molecule has 0 radical (unpaired) electrons. The first-order chi connectivity index (χ1) is 17.1. The van der Waals surface area contributed by atoms with Gasteiger partial charge in [0.2, 0.25) is 5.91 Å². The Hall–Kier alpha value is -3.11. The zero-order valence-electron chi connectivity index (χ0n) is 20.0. The molecule has 3 aliphatic rings. The molecular formula is C25H28F4N4O3. The number of halogens is 4. The van der Waals surface area contributed by atoms with Crippen LogP contribution in [0.15, 0.2) is 24.3 Å². The van der Waals surface area contributed by atoms with Crippen LogP contribution in [0.25, 0.3) is 0 Å². The third-order valence-electron chi connectivity index (χ3n) is 7.30. The number of rotatable bonds is 6. The minimum atomic E-state index is -4.28. The van der Waals surface area contributed by atoms with Crippen molar-refractivity contribution in [3.8, 4) is 0 Å². The highest BCUT2D eigenvalue weighted by Gasteiger charge is 2.59. The fourth-order valence-corrected chi connectivity index (χ4v) is 5.60. The van der Waals surface area contributed by atoms with E-state index in [-0.39, 0.29) is 51.5 Å². The average molecular weight is 509 g/mol. The largest absolute Gasteiger partial charge is 0.450 e. The third-order valence-corrected chi connectivity index (χ3v) is 7.30. The smallest absolute Gasteiger partial charge is 0.409 e. The molecule has 1 aliphatic carbocycles. The molecule has 1 saturated heterocycles. The zero-order valence-corrected chi connectivity index (χ0v) is 20.0. The number of aromatic nitrogens is 2. The summed E-state index contributed by atoms with van der Waals surface area (Å²) in [5.74, 6) is 0.272. The molecule has 2 amide bonds. The molecule has 7 nitrogen and oxygen atoms in total. The van der Waals surface area contributed by atoms with Crippen molar-refractivity contribution in [1.82, 2.24) is 14.5 Å². The summed E-state index contributed by atoms with van der Waals surface area (Å²) in [5, 5.41) is 0. The third kappa shape index (κ3) is 4.22. The van der Waals surface area contributed by atoms with Crippen molar-refractivity contribution in [2.24, 2.45) is 0 Å². The van der Waals surface area contributed by atoms with Gasteiger partial charge in [0, 0.05) is 43.9 Å². The Morgan fingerprint density at radius 2 is 2.00 bits per heavy atom. The van der Waals surface area contributed by atoms with E-state index in [4.69, 9.17) is 4.74 Å². The Labute approximate surface area is 206 Å². The van der Waals surface area contributed by atoms with Crippen molar-refractivity contribution < 1.29 is 31.9 Å². The van der Waals surface area contributed by atoms with Gasteiger partial charge in [0.1, 0.15) is 17.4 Å². The summed E-state index contributed by atoms with van der Waals surface area (Å²) in [7, 11) is 0. The SMILES string of the molecule is CCOC(=O)N1CC2(C1)C(=O)N(Cc1nc3c(n1CCCC(F)(F)F)CC(F)CC3)c1ccccc12. The first-order valence-corrected chi connectivity index (χ1v) is 12.2. The predicted molar refractivity (Wildman–Crippen MR) is 122 cm³/mol. The van der Waals surface area contributed by atoms with Gasteiger partial charge in [-0.05, 0) is 37.8 Å². The Morgan fingerprint density at radius 3 is 2.72 bits per heavy atom. The number of para-hydroxylation sites is 1. The predicted octanol–water partition coefficient (Wildman–Crippen LogP) is 4.31. The molecular weight excluding hydrogens is 480 g/mol. The van der Waals surface area contributed by atoms with Crippen molar-refractivity contribution in [2.45, 2.75) is 69.9 Å². The van der Waals surface area contributed by atoms with Crippen LogP contribution in [0.4, 0.5) is 28.0 Å². The molecule has 0 saturated carbocycles. The number of ether oxygens (including phenoxy) is 1. The van der Waals surface area contributed by atoms with E-state index in [1.807, 2.05) is 24.3 Å². The number of aryl methyl sites for hydroxylation is 1. The highest BCUT2D eigenvalue weighted by atomic mass is 19.4. The van der Waals surface area contributed by atoms with Gasteiger partial charge >= 0.3 is 12.3 Å². The number of fused-ring (bicyclic) bond motifs is 3. The lowest BCUT2D eigenvalue weighted by atomic mass is 9.75. The van der Waals surface area contributed by atoms with Crippen LogP contribution in [0.5, 0.6) is 0 Å². The number of alkyl halides is 4. The van der Waals surface area contributed by atoms with E-state index >= 15 is 0 Å². The Morgan fingerprint density at radius 1 is 1.25 bits per heavy atom. The number of hydrogen-bond donors (Lipinski definition) is 0. The van der Waals surface area contributed by atoms with Gasteiger partial charge in [-0.1, -0.05) is 18.2 Å². The standard InChI is InChI=1S/C25H28F4N4O3/c1-2-36-23(35)31-14-24(15-31)17-6-3-4-7-19(17)33(22(24)34)13-21-30-18-9-8-16(26)12-20(18)32(21)11-5-10-25(27,28)29/h3-4,6-7,16H,2,5,8-15H2,1H3. The van der Waals surface area contributed by atoms with Crippen LogP contribution >= 0.6 is 0 Å². The average Bonchev–Trinajstić information content (AvgIpc) is 3.25. The van der Waals surface area contributed by atoms with Gasteiger partial charge in [0.15, 0.2) is 0 Å². The van der Waals surface area contributed by atoms with Crippen molar-refractivity contribution in [1.29, 1.82) is 0 Å². The molecule has 194 valence electrons. The molecule has 11 heteroatoms. The van der Waals surface area contributed by atoms with Gasteiger partial charge in [0.05, 0.1) is 18.8 Å². The highest BCUT2D eigenvalue weighted by molar-refractivity contribution is 6.09. The second-order valence-corrected chi connectivity index (χ2v) is 9.68. The molecule has 1 aromatic heterocycles. The summed E-state index contributed by atoms with van der Waals surface area (Å²) in [4.78, 5) is 33.7. The van der Waals surface area contributed by atoms with E-state index in [2.05, 4.69) is 4.98 Å². The molecule has 36 heavy (non-hydrogen) atoms. The second kappa shape index (κ2) is 9.08. The van der Waals surface area contributed by atoms with Crippen LogP contribution < -0.4 is 4.90 Å². The fraction of sp³-hybridized carbons (Fsp3) is 0.560. The van der Waals surface area contributed by atoms with Gasteiger partial charge in [-0.15, -0.1) is 0 Å². The van der Waals surface area contributed by atoms with Crippen LogP contribution in [-0.4, -0.2) is 58.5 Å². The Bertz CT molecular complexity index is 1170. The number of likely N-dealkylation sites (tertiary alicyclic amines) is 1. The Balaban J connectivity index is 1.43. The molecule has 2 aliphatic heterocycles. The van der Waals surface area contributed by atoms with Crippen LogP contribution in [0.2, 0.25) is 0 Å². The normalized spacial score (nSPS) is 20.4. The van der Waals surface area contributed by atoms with Crippen LogP contribution in [0, 0.1) is 0 Å². The topological polar surface area (TPSA) is 67.7 Å². The summed E-state index contributed by atoms with van der Waals surface area (Å²) in [6.45, 7) is 2.45. The number of hydrogen-bond acceptors (Lipinski definition) is 4. The quantitative estimate of drug-likeness (QED) is 0.546. The van der Waals surface area contributed by atoms with Crippen molar-refractivity contribution in [2.75, 3.05) is 24.6 Å². The van der Waals surface area contributed by atoms with E-state index < -0.39 is 30.3 Å². The number of nitrogens with zero attached hydrogens (tertiary/aromatic N) is 4. The van der Waals surface area contributed by atoms with Gasteiger partial charge in [-0.2, -0.15) is 13.2 Å². The molecule has 0 bridgehead atoms. The summed E-state index contributed by atoms with van der Waals surface area (Å²) in [5.41, 5.74) is 1.92. The van der Waals surface area contributed by atoms with Gasteiger partial charge in [-0.25, -0.2) is 14.2 Å². The van der Waals surface area contributed by atoms with Crippen molar-refractivity contribution in [3.05, 3.63) is 47.0 Å². The minimum absolute atomic E-state index is 0.0509. The minimum Gasteiger partial charge on any atom is -0.450 e. The molecule has 1 spiro atoms. The maximum atomic E-state index is 14.2. The van der Waals surface area contributed by atoms with Crippen LogP contribution in [-0.2, 0) is 40.9 Å². The van der Waals surface area contributed by atoms with Gasteiger partial charge in [-0.3, -0.25) is 4.79 Å². The number of carbonyl (C=O) groups excluding carboxylic acids is 2. The number of carbonyl (C=O) groups is 2. The van der Waals surface area contributed by atoms with Gasteiger partial charge < -0.3 is 19.1 Å². The highest BCUT2D eigenvalue weighted by Crippen LogP contribution is 2.48. The number of imidazole rings is 1. The summed E-state index contributed by atoms with van der Waals surface area (Å²) in [6, 6.07) is 7.34.